The molecule has 0 fully saturated rings. The van der Waals surface area contributed by atoms with Gasteiger partial charge in [0.25, 0.3) is 5.91 Å². The van der Waals surface area contributed by atoms with Gasteiger partial charge in [-0.15, -0.1) is 0 Å². The van der Waals surface area contributed by atoms with Crippen LogP contribution in [0.25, 0.3) is 0 Å². The molecule has 0 aliphatic carbocycles. The first-order valence-electron chi connectivity index (χ1n) is 4.49. The standard InChI is InChI=1S/C9H10BNO4/c1-11-5-6-4-7(15-10(13)14)2-3-8(6)9(11)12/h2-4,13-14H,5H2,1H3. The van der Waals surface area contributed by atoms with Crippen LogP contribution in [0.15, 0.2) is 18.2 Å². The number of hydrogen-bond donors (Lipinski definition) is 2. The molecule has 0 saturated carbocycles. The molecule has 0 spiro atoms. The van der Waals surface area contributed by atoms with Crippen molar-refractivity contribution in [3.63, 3.8) is 0 Å². The summed E-state index contributed by atoms with van der Waals surface area (Å²) < 4.78 is 4.69. The minimum Gasteiger partial charge on any atom is -0.512 e. The highest BCUT2D eigenvalue weighted by atomic mass is 16.6. The van der Waals surface area contributed by atoms with Gasteiger partial charge in [-0.3, -0.25) is 4.79 Å². The van der Waals surface area contributed by atoms with Gasteiger partial charge in [-0.2, -0.15) is 0 Å². The van der Waals surface area contributed by atoms with Gasteiger partial charge in [0, 0.05) is 19.2 Å². The van der Waals surface area contributed by atoms with Gasteiger partial charge in [0.15, 0.2) is 0 Å². The molecule has 1 aromatic carbocycles. The number of fused-ring (bicyclic) bond motifs is 1. The van der Waals surface area contributed by atoms with Gasteiger partial charge < -0.3 is 19.6 Å². The highest BCUT2D eigenvalue weighted by Gasteiger charge is 2.25. The van der Waals surface area contributed by atoms with Gasteiger partial charge in [0.2, 0.25) is 0 Å². The monoisotopic (exact) mass is 207 g/mol. The van der Waals surface area contributed by atoms with Crippen LogP contribution in [0.5, 0.6) is 5.75 Å². The molecule has 1 aliphatic heterocycles. The summed E-state index contributed by atoms with van der Waals surface area (Å²) in [5.41, 5.74) is 1.47. The van der Waals surface area contributed by atoms with Crippen LogP contribution < -0.4 is 4.65 Å². The first-order chi connectivity index (χ1) is 7.08. The third kappa shape index (κ3) is 1.81. The zero-order valence-electron chi connectivity index (χ0n) is 8.17. The molecule has 1 aliphatic rings. The van der Waals surface area contributed by atoms with E-state index in [2.05, 4.69) is 0 Å². The number of carbonyl (C=O) groups excluding carboxylic acids is 1. The topological polar surface area (TPSA) is 70.0 Å². The summed E-state index contributed by atoms with van der Waals surface area (Å²) >= 11 is 0. The molecule has 1 heterocycles. The predicted octanol–water partition coefficient (Wildman–Crippen LogP) is -0.379. The highest BCUT2D eigenvalue weighted by molar-refractivity contribution is 6.33. The van der Waals surface area contributed by atoms with E-state index in [1.807, 2.05) is 0 Å². The molecule has 0 unspecified atom stereocenters. The van der Waals surface area contributed by atoms with Gasteiger partial charge >= 0.3 is 7.32 Å². The number of amides is 1. The molecule has 0 atom stereocenters. The minimum absolute atomic E-state index is 0.0268. The third-order valence-electron chi connectivity index (χ3n) is 2.30. The van der Waals surface area contributed by atoms with E-state index in [-0.39, 0.29) is 5.91 Å². The van der Waals surface area contributed by atoms with E-state index in [0.29, 0.717) is 17.9 Å². The smallest absolute Gasteiger partial charge is 0.512 e. The SMILES string of the molecule is CN1Cc2cc(OB(O)O)ccc2C1=O. The van der Waals surface area contributed by atoms with Gasteiger partial charge in [0.05, 0.1) is 0 Å². The molecule has 5 nitrogen and oxygen atoms in total. The van der Waals surface area contributed by atoms with Crippen LogP contribution in [0, 0.1) is 0 Å². The Bertz CT molecular complexity index is 407. The zero-order chi connectivity index (χ0) is 11.0. The normalized spacial score (nSPS) is 14.1. The Morgan fingerprint density at radius 1 is 1.47 bits per heavy atom. The van der Waals surface area contributed by atoms with E-state index in [0.717, 1.165) is 5.56 Å². The molecule has 1 aromatic rings. The summed E-state index contributed by atoms with van der Waals surface area (Å²) in [5, 5.41) is 17.2. The van der Waals surface area contributed by atoms with E-state index in [1.54, 1.807) is 24.1 Å². The van der Waals surface area contributed by atoms with Crippen molar-refractivity contribution in [2.24, 2.45) is 0 Å². The lowest BCUT2D eigenvalue weighted by Gasteiger charge is -2.05. The summed E-state index contributed by atoms with van der Waals surface area (Å²) in [6.45, 7) is 0.521. The first-order valence-corrected chi connectivity index (χ1v) is 4.49. The van der Waals surface area contributed by atoms with Gasteiger partial charge in [0.1, 0.15) is 5.75 Å². The van der Waals surface area contributed by atoms with Crippen molar-refractivity contribution < 1.29 is 19.5 Å². The number of benzene rings is 1. The molecule has 6 heteroatoms. The van der Waals surface area contributed by atoms with Crippen molar-refractivity contribution in [3.05, 3.63) is 29.3 Å². The van der Waals surface area contributed by atoms with Crippen molar-refractivity contribution in [2.75, 3.05) is 7.05 Å². The van der Waals surface area contributed by atoms with Crippen LogP contribution in [-0.2, 0) is 6.54 Å². The van der Waals surface area contributed by atoms with E-state index < -0.39 is 7.32 Å². The highest BCUT2D eigenvalue weighted by Crippen LogP contribution is 2.25. The number of carbonyl (C=O) groups is 1. The largest absolute Gasteiger partial charge is 0.707 e. The Labute approximate surface area is 87.1 Å². The van der Waals surface area contributed by atoms with Crippen LogP contribution in [0.4, 0.5) is 0 Å². The van der Waals surface area contributed by atoms with Crippen molar-refractivity contribution in [1.82, 2.24) is 4.90 Å². The lowest BCUT2D eigenvalue weighted by atomic mass is 10.1. The molecule has 2 N–H and O–H groups in total. The lowest BCUT2D eigenvalue weighted by Crippen LogP contribution is -2.20. The predicted molar refractivity (Wildman–Crippen MR) is 53.1 cm³/mol. The maximum absolute atomic E-state index is 11.5. The van der Waals surface area contributed by atoms with Crippen LogP contribution in [0.3, 0.4) is 0 Å². The maximum atomic E-state index is 11.5. The Morgan fingerprint density at radius 2 is 2.20 bits per heavy atom. The Kier molecular flexibility index (Phi) is 2.38. The number of rotatable bonds is 2. The van der Waals surface area contributed by atoms with E-state index in [1.165, 1.54) is 6.07 Å². The summed E-state index contributed by atoms with van der Waals surface area (Å²) in [7, 11) is -0.123. The average Bonchev–Trinajstić information content (AvgIpc) is 2.41. The Balaban J connectivity index is 2.29. The van der Waals surface area contributed by atoms with Gasteiger partial charge in [-0.05, 0) is 23.8 Å². The second kappa shape index (κ2) is 3.56. The van der Waals surface area contributed by atoms with Crippen LogP contribution in [0.2, 0.25) is 0 Å². The number of nitrogens with zero attached hydrogens (tertiary/aromatic N) is 1. The summed E-state index contributed by atoms with van der Waals surface area (Å²) in [6.07, 6.45) is 0. The molecule has 15 heavy (non-hydrogen) atoms. The van der Waals surface area contributed by atoms with E-state index in [4.69, 9.17) is 14.7 Å². The maximum Gasteiger partial charge on any atom is 0.707 e. The molecule has 1 amide bonds. The second-order valence-corrected chi connectivity index (χ2v) is 3.42. The Morgan fingerprint density at radius 3 is 2.87 bits per heavy atom. The molecule has 0 bridgehead atoms. The average molecular weight is 207 g/mol. The van der Waals surface area contributed by atoms with Crippen molar-refractivity contribution >= 4 is 13.2 Å². The summed E-state index contributed by atoms with van der Waals surface area (Å²) in [5.74, 6) is 0.313. The first kappa shape index (κ1) is 10.0. The third-order valence-corrected chi connectivity index (χ3v) is 2.30. The quantitative estimate of drug-likeness (QED) is 0.648. The van der Waals surface area contributed by atoms with Gasteiger partial charge in [-0.25, -0.2) is 0 Å². The molecule has 0 aromatic heterocycles. The molecular formula is C9H10BNO4. The summed E-state index contributed by atoms with van der Waals surface area (Å²) in [6, 6.07) is 4.80. The number of hydrogen-bond acceptors (Lipinski definition) is 4. The second-order valence-electron chi connectivity index (χ2n) is 3.42. The van der Waals surface area contributed by atoms with Crippen LogP contribution in [0.1, 0.15) is 15.9 Å². The molecular weight excluding hydrogens is 197 g/mol. The Hall–Kier alpha value is -1.53. The molecule has 0 saturated heterocycles. The van der Waals surface area contributed by atoms with Crippen molar-refractivity contribution in [2.45, 2.75) is 6.54 Å². The lowest BCUT2D eigenvalue weighted by molar-refractivity contribution is 0.0816. The summed E-state index contributed by atoms with van der Waals surface area (Å²) in [4.78, 5) is 13.1. The van der Waals surface area contributed by atoms with E-state index >= 15 is 0 Å². The van der Waals surface area contributed by atoms with Crippen molar-refractivity contribution in [3.8, 4) is 5.75 Å². The van der Waals surface area contributed by atoms with Crippen molar-refractivity contribution in [1.29, 1.82) is 0 Å². The molecule has 2 rings (SSSR count). The van der Waals surface area contributed by atoms with Crippen LogP contribution in [-0.4, -0.2) is 35.2 Å². The zero-order valence-corrected chi connectivity index (χ0v) is 8.17. The minimum atomic E-state index is -1.84. The van der Waals surface area contributed by atoms with E-state index in [9.17, 15) is 4.79 Å². The fourth-order valence-electron chi connectivity index (χ4n) is 1.64. The fraction of sp³-hybridized carbons (Fsp3) is 0.222. The molecule has 78 valence electrons. The van der Waals surface area contributed by atoms with Crippen LogP contribution >= 0.6 is 0 Å². The van der Waals surface area contributed by atoms with Gasteiger partial charge in [-0.1, -0.05) is 0 Å². The molecule has 0 radical (unpaired) electrons. The fourth-order valence-corrected chi connectivity index (χ4v) is 1.64.